The van der Waals surface area contributed by atoms with Crippen LogP contribution in [0.5, 0.6) is 11.5 Å². The van der Waals surface area contributed by atoms with Gasteiger partial charge in [-0.2, -0.15) is 0 Å². The molecule has 0 aliphatic heterocycles. The normalized spacial score (nSPS) is 9.81. The fraction of sp³-hybridized carbons (Fsp3) is 0.417. The first-order chi connectivity index (χ1) is 7.74. The number of para-hydroxylation sites is 2. The molecule has 0 saturated carbocycles. The highest BCUT2D eigenvalue weighted by Gasteiger charge is 2.01. The molecule has 0 fully saturated rings. The summed E-state index contributed by atoms with van der Waals surface area (Å²) in [4.78, 5) is 0. The molecule has 0 radical (unpaired) electrons. The fourth-order valence-corrected chi connectivity index (χ4v) is 1.34. The molecule has 88 valence electrons. The Morgan fingerprint density at radius 1 is 1.25 bits per heavy atom. The van der Waals surface area contributed by atoms with E-state index >= 15 is 0 Å². The Kier molecular flexibility index (Phi) is 5.19. The quantitative estimate of drug-likeness (QED) is 0.422. The van der Waals surface area contributed by atoms with Gasteiger partial charge in [-0.3, -0.25) is 5.41 Å². The van der Waals surface area contributed by atoms with Crippen LogP contribution in [0.15, 0.2) is 24.3 Å². The monoisotopic (exact) mass is 222 g/mol. The van der Waals surface area contributed by atoms with Crippen LogP contribution in [0, 0.1) is 5.41 Å². The summed E-state index contributed by atoms with van der Waals surface area (Å²) in [7, 11) is 1.62. The molecule has 0 saturated heterocycles. The lowest BCUT2D eigenvalue weighted by atomic mass is 10.2. The van der Waals surface area contributed by atoms with E-state index in [1.165, 1.54) is 0 Å². The summed E-state index contributed by atoms with van der Waals surface area (Å²) in [5.41, 5.74) is 5.25. The summed E-state index contributed by atoms with van der Waals surface area (Å²) in [6.45, 7) is 0.619. The van der Waals surface area contributed by atoms with Crippen molar-refractivity contribution in [3.05, 3.63) is 24.3 Å². The van der Waals surface area contributed by atoms with E-state index in [4.69, 9.17) is 20.6 Å². The van der Waals surface area contributed by atoms with Crippen molar-refractivity contribution in [3.63, 3.8) is 0 Å². The minimum Gasteiger partial charge on any atom is -0.493 e. The van der Waals surface area contributed by atoms with Crippen molar-refractivity contribution in [2.75, 3.05) is 13.7 Å². The summed E-state index contributed by atoms with van der Waals surface area (Å²) in [5, 5.41) is 7.07. The van der Waals surface area contributed by atoms with Gasteiger partial charge in [0.2, 0.25) is 0 Å². The van der Waals surface area contributed by atoms with Crippen LogP contribution < -0.4 is 15.2 Å². The first-order valence-electron chi connectivity index (χ1n) is 5.32. The average Bonchev–Trinajstić information content (AvgIpc) is 2.29. The standard InChI is InChI=1S/C12H18N2O2/c1-15-10-6-2-3-7-11(10)16-9-5-4-8-12(13)14/h2-3,6-7H,4-5,8-9H2,1H3,(H3,13,14). The third-order valence-corrected chi connectivity index (χ3v) is 2.17. The van der Waals surface area contributed by atoms with E-state index in [0.29, 0.717) is 13.0 Å². The zero-order valence-corrected chi connectivity index (χ0v) is 9.53. The maximum absolute atomic E-state index is 7.07. The summed E-state index contributed by atoms with van der Waals surface area (Å²) in [6, 6.07) is 7.56. The number of rotatable bonds is 7. The molecule has 0 aliphatic rings. The van der Waals surface area contributed by atoms with Gasteiger partial charge in [0.1, 0.15) is 0 Å². The van der Waals surface area contributed by atoms with Gasteiger partial charge < -0.3 is 15.2 Å². The van der Waals surface area contributed by atoms with E-state index in [1.54, 1.807) is 7.11 Å². The Bertz CT molecular complexity index is 340. The van der Waals surface area contributed by atoms with Crippen LogP contribution in [0.2, 0.25) is 0 Å². The maximum atomic E-state index is 7.07. The lowest BCUT2D eigenvalue weighted by molar-refractivity contribution is 0.287. The molecule has 1 rings (SSSR count). The van der Waals surface area contributed by atoms with Crippen LogP contribution in [0.25, 0.3) is 0 Å². The number of hydrogen-bond donors (Lipinski definition) is 2. The summed E-state index contributed by atoms with van der Waals surface area (Å²) in [6.07, 6.45) is 2.40. The van der Waals surface area contributed by atoms with E-state index in [2.05, 4.69) is 0 Å². The van der Waals surface area contributed by atoms with Gasteiger partial charge in [-0.25, -0.2) is 0 Å². The average molecular weight is 222 g/mol. The number of benzene rings is 1. The Hall–Kier alpha value is -1.71. The topological polar surface area (TPSA) is 68.3 Å². The number of nitrogens with two attached hydrogens (primary N) is 1. The molecule has 4 nitrogen and oxygen atoms in total. The first kappa shape index (κ1) is 12.4. The van der Waals surface area contributed by atoms with Crippen LogP contribution >= 0.6 is 0 Å². The van der Waals surface area contributed by atoms with Crippen LogP contribution in [-0.2, 0) is 0 Å². The zero-order chi connectivity index (χ0) is 11.8. The molecule has 0 amide bonds. The van der Waals surface area contributed by atoms with Crippen molar-refractivity contribution in [2.24, 2.45) is 5.73 Å². The fourth-order valence-electron chi connectivity index (χ4n) is 1.34. The van der Waals surface area contributed by atoms with Crippen molar-refractivity contribution >= 4 is 5.84 Å². The second kappa shape index (κ2) is 6.71. The molecule has 0 spiro atoms. The molecule has 0 unspecified atom stereocenters. The molecular formula is C12H18N2O2. The molecule has 1 aromatic carbocycles. The lowest BCUT2D eigenvalue weighted by Crippen LogP contribution is -2.09. The SMILES string of the molecule is COc1ccccc1OCCCCC(=N)N. The summed E-state index contributed by atoms with van der Waals surface area (Å²) in [5.74, 6) is 1.74. The number of unbranched alkanes of at least 4 members (excludes halogenated alkanes) is 1. The predicted molar refractivity (Wildman–Crippen MR) is 64.3 cm³/mol. The minimum atomic E-state index is 0.234. The molecule has 0 bridgehead atoms. The van der Waals surface area contributed by atoms with E-state index in [9.17, 15) is 0 Å². The van der Waals surface area contributed by atoms with Crippen molar-refractivity contribution in [2.45, 2.75) is 19.3 Å². The number of methoxy groups -OCH3 is 1. The molecule has 0 aliphatic carbocycles. The Morgan fingerprint density at radius 3 is 2.56 bits per heavy atom. The predicted octanol–water partition coefficient (Wildman–Crippen LogP) is 2.18. The molecule has 1 aromatic rings. The molecule has 3 N–H and O–H groups in total. The van der Waals surface area contributed by atoms with E-state index < -0.39 is 0 Å². The van der Waals surface area contributed by atoms with Crippen LogP contribution in [0.3, 0.4) is 0 Å². The smallest absolute Gasteiger partial charge is 0.161 e. The van der Waals surface area contributed by atoms with Gasteiger partial charge in [0.15, 0.2) is 11.5 Å². The van der Waals surface area contributed by atoms with Crippen molar-refractivity contribution in [3.8, 4) is 11.5 Å². The van der Waals surface area contributed by atoms with Crippen LogP contribution in [0.4, 0.5) is 0 Å². The molecular weight excluding hydrogens is 204 g/mol. The zero-order valence-electron chi connectivity index (χ0n) is 9.53. The highest BCUT2D eigenvalue weighted by atomic mass is 16.5. The van der Waals surface area contributed by atoms with Gasteiger partial charge in [0, 0.05) is 6.42 Å². The minimum absolute atomic E-state index is 0.234. The largest absolute Gasteiger partial charge is 0.493 e. The molecule has 0 atom stereocenters. The van der Waals surface area contributed by atoms with Crippen LogP contribution in [0.1, 0.15) is 19.3 Å². The number of ether oxygens (including phenoxy) is 2. The first-order valence-corrected chi connectivity index (χ1v) is 5.32. The molecule has 16 heavy (non-hydrogen) atoms. The second-order valence-corrected chi connectivity index (χ2v) is 3.48. The summed E-state index contributed by atoms with van der Waals surface area (Å²) < 4.78 is 10.7. The Labute approximate surface area is 95.9 Å². The Morgan fingerprint density at radius 2 is 1.94 bits per heavy atom. The maximum Gasteiger partial charge on any atom is 0.161 e. The molecule has 0 aromatic heterocycles. The van der Waals surface area contributed by atoms with Gasteiger partial charge in [-0.15, -0.1) is 0 Å². The molecule has 0 heterocycles. The van der Waals surface area contributed by atoms with Gasteiger partial charge in [-0.05, 0) is 25.0 Å². The highest BCUT2D eigenvalue weighted by molar-refractivity contribution is 5.76. The third-order valence-electron chi connectivity index (χ3n) is 2.17. The number of amidine groups is 1. The van der Waals surface area contributed by atoms with E-state index in [-0.39, 0.29) is 5.84 Å². The molecule has 4 heteroatoms. The van der Waals surface area contributed by atoms with Crippen molar-refractivity contribution < 1.29 is 9.47 Å². The van der Waals surface area contributed by atoms with Gasteiger partial charge in [0.05, 0.1) is 19.6 Å². The van der Waals surface area contributed by atoms with Crippen LogP contribution in [-0.4, -0.2) is 19.6 Å². The summed E-state index contributed by atoms with van der Waals surface area (Å²) >= 11 is 0. The number of nitrogens with one attached hydrogen (secondary N) is 1. The highest BCUT2D eigenvalue weighted by Crippen LogP contribution is 2.25. The van der Waals surface area contributed by atoms with Gasteiger partial charge in [0.25, 0.3) is 0 Å². The van der Waals surface area contributed by atoms with Crippen molar-refractivity contribution in [1.82, 2.24) is 0 Å². The van der Waals surface area contributed by atoms with Crippen molar-refractivity contribution in [1.29, 1.82) is 5.41 Å². The van der Waals surface area contributed by atoms with E-state index in [0.717, 1.165) is 24.3 Å². The Balaban J connectivity index is 2.28. The van der Waals surface area contributed by atoms with Gasteiger partial charge in [-0.1, -0.05) is 12.1 Å². The lowest BCUT2D eigenvalue weighted by Gasteiger charge is -2.09. The third kappa shape index (κ3) is 4.21. The van der Waals surface area contributed by atoms with Gasteiger partial charge >= 0.3 is 0 Å². The van der Waals surface area contributed by atoms with E-state index in [1.807, 2.05) is 24.3 Å². The number of hydrogen-bond acceptors (Lipinski definition) is 3. The second-order valence-electron chi connectivity index (χ2n) is 3.48.